The monoisotopic (exact) mass is 264 g/mol. The van der Waals surface area contributed by atoms with E-state index in [-0.39, 0.29) is 11.5 Å². The van der Waals surface area contributed by atoms with Gasteiger partial charge >= 0.3 is 0 Å². The van der Waals surface area contributed by atoms with Gasteiger partial charge in [-0.25, -0.2) is 0 Å². The number of ketones is 1. The number of benzene rings is 1. The van der Waals surface area contributed by atoms with E-state index in [1.807, 2.05) is 0 Å². The second-order valence-electron chi connectivity index (χ2n) is 2.24. The third-order valence-electron chi connectivity index (χ3n) is 1.33. The second kappa shape index (κ2) is 4.30. The van der Waals surface area contributed by atoms with Crippen molar-refractivity contribution in [2.24, 2.45) is 0 Å². The zero-order valence-electron chi connectivity index (χ0n) is 6.05. The molecule has 1 nitrogen and oxygen atoms in total. The Morgan fingerprint density at radius 1 is 1.50 bits per heavy atom. The summed E-state index contributed by atoms with van der Waals surface area (Å²) in [5.41, 5.74) is 0.587. The SMILES string of the molecule is O=C(CS)c1cc(Cl)cc(Br)c1. The summed E-state index contributed by atoms with van der Waals surface area (Å²) < 4.78 is 0.806. The highest BCUT2D eigenvalue weighted by Gasteiger charge is 2.04. The van der Waals surface area contributed by atoms with Crippen LogP contribution in [-0.4, -0.2) is 11.5 Å². The fourth-order valence-corrected chi connectivity index (χ4v) is 1.85. The van der Waals surface area contributed by atoms with Crippen molar-refractivity contribution in [2.75, 3.05) is 5.75 Å². The number of thiol groups is 1. The van der Waals surface area contributed by atoms with Crippen LogP contribution >= 0.6 is 40.2 Å². The lowest BCUT2D eigenvalue weighted by atomic mass is 10.1. The van der Waals surface area contributed by atoms with E-state index in [1.165, 1.54) is 0 Å². The van der Waals surface area contributed by atoms with Crippen molar-refractivity contribution in [1.29, 1.82) is 0 Å². The van der Waals surface area contributed by atoms with E-state index in [0.717, 1.165) is 4.47 Å². The standard InChI is InChI=1S/C8H6BrClOS/c9-6-1-5(8(11)4-12)2-7(10)3-6/h1-3,12H,4H2. The zero-order chi connectivity index (χ0) is 9.14. The molecule has 0 saturated carbocycles. The Morgan fingerprint density at radius 2 is 2.17 bits per heavy atom. The molecule has 0 atom stereocenters. The Bertz CT molecular complexity index is 294. The molecule has 0 fully saturated rings. The van der Waals surface area contributed by atoms with Crippen LogP contribution in [0.3, 0.4) is 0 Å². The molecule has 0 heterocycles. The summed E-state index contributed by atoms with van der Waals surface area (Å²) in [6.45, 7) is 0. The van der Waals surface area contributed by atoms with Gasteiger partial charge in [-0.05, 0) is 18.2 Å². The Balaban J connectivity index is 3.08. The lowest BCUT2D eigenvalue weighted by Gasteiger charge is -1.99. The second-order valence-corrected chi connectivity index (χ2v) is 3.91. The Morgan fingerprint density at radius 3 is 2.67 bits per heavy atom. The number of carbonyl (C=O) groups is 1. The van der Waals surface area contributed by atoms with E-state index in [4.69, 9.17) is 11.6 Å². The molecule has 0 aromatic heterocycles. The quantitative estimate of drug-likeness (QED) is 0.642. The maximum Gasteiger partial charge on any atom is 0.172 e. The molecule has 0 bridgehead atoms. The summed E-state index contributed by atoms with van der Waals surface area (Å²) in [6, 6.07) is 5.09. The van der Waals surface area contributed by atoms with Gasteiger partial charge in [0.25, 0.3) is 0 Å². The molecule has 0 radical (unpaired) electrons. The van der Waals surface area contributed by atoms with Gasteiger partial charge in [0.15, 0.2) is 5.78 Å². The van der Waals surface area contributed by atoms with Gasteiger partial charge < -0.3 is 0 Å². The van der Waals surface area contributed by atoms with Crippen molar-refractivity contribution in [3.8, 4) is 0 Å². The van der Waals surface area contributed by atoms with Crippen molar-refractivity contribution in [1.82, 2.24) is 0 Å². The van der Waals surface area contributed by atoms with Gasteiger partial charge in [-0.1, -0.05) is 27.5 Å². The van der Waals surface area contributed by atoms with Crippen molar-refractivity contribution in [2.45, 2.75) is 0 Å². The minimum absolute atomic E-state index is 0.0264. The van der Waals surface area contributed by atoms with Crippen molar-refractivity contribution < 1.29 is 4.79 Å². The molecule has 0 N–H and O–H groups in total. The van der Waals surface area contributed by atoms with Crippen LogP contribution in [0.1, 0.15) is 10.4 Å². The highest BCUT2D eigenvalue weighted by molar-refractivity contribution is 9.10. The number of halogens is 2. The molecule has 0 aliphatic rings. The highest BCUT2D eigenvalue weighted by Crippen LogP contribution is 2.19. The summed E-state index contributed by atoms with van der Waals surface area (Å²) in [4.78, 5) is 11.2. The van der Waals surface area contributed by atoms with Crippen molar-refractivity contribution >= 4 is 45.9 Å². The summed E-state index contributed by atoms with van der Waals surface area (Å²) in [5, 5.41) is 0.550. The number of carbonyl (C=O) groups excluding carboxylic acids is 1. The van der Waals surface area contributed by atoms with Crippen molar-refractivity contribution in [3.63, 3.8) is 0 Å². The molecule has 64 valence electrons. The first kappa shape index (κ1) is 10.1. The first-order valence-electron chi connectivity index (χ1n) is 3.23. The molecule has 0 saturated heterocycles. The first-order valence-corrected chi connectivity index (χ1v) is 5.04. The summed E-state index contributed by atoms with van der Waals surface area (Å²) in [6.07, 6.45) is 0. The maximum atomic E-state index is 11.2. The molecule has 4 heteroatoms. The minimum atomic E-state index is -0.0264. The largest absolute Gasteiger partial charge is 0.293 e. The van der Waals surface area contributed by atoms with E-state index in [0.29, 0.717) is 10.6 Å². The summed E-state index contributed by atoms with van der Waals surface area (Å²) in [7, 11) is 0. The molecule has 0 amide bonds. The minimum Gasteiger partial charge on any atom is -0.293 e. The average molecular weight is 266 g/mol. The van der Waals surface area contributed by atoms with Crippen LogP contribution in [0, 0.1) is 0 Å². The predicted molar refractivity (Wildman–Crippen MR) is 57.3 cm³/mol. The zero-order valence-corrected chi connectivity index (χ0v) is 9.29. The van der Waals surface area contributed by atoms with Gasteiger partial charge in [-0.15, -0.1) is 0 Å². The Hall–Kier alpha value is 0.01000. The van der Waals surface area contributed by atoms with Gasteiger partial charge in [0.2, 0.25) is 0 Å². The average Bonchev–Trinajstić information content (AvgIpc) is 2.01. The number of Topliss-reactive ketones (excluding diaryl/α,β-unsaturated/α-hetero) is 1. The van der Waals surface area contributed by atoms with E-state index < -0.39 is 0 Å². The van der Waals surface area contributed by atoms with E-state index in [2.05, 4.69) is 28.6 Å². The highest BCUT2D eigenvalue weighted by atomic mass is 79.9. The molecule has 0 aliphatic carbocycles. The number of rotatable bonds is 2. The number of hydrogen-bond donors (Lipinski definition) is 1. The lowest BCUT2D eigenvalue weighted by molar-refractivity contribution is 0.102. The first-order chi connectivity index (χ1) is 5.63. The predicted octanol–water partition coefficient (Wildman–Crippen LogP) is 3.22. The smallest absolute Gasteiger partial charge is 0.172 e. The molecular weight excluding hydrogens is 260 g/mol. The van der Waals surface area contributed by atoms with Crippen LogP contribution in [-0.2, 0) is 0 Å². The molecule has 1 aromatic carbocycles. The van der Waals surface area contributed by atoms with Crippen LogP contribution < -0.4 is 0 Å². The third-order valence-corrected chi connectivity index (χ3v) is 2.29. The van der Waals surface area contributed by atoms with Crippen LogP contribution in [0.15, 0.2) is 22.7 Å². The number of hydrogen-bond acceptors (Lipinski definition) is 2. The molecule has 1 rings (SSSR count). The van der Waals surface area contributed by atoms with Gasteiger partial charge in [-0.3, -0.25) is 4.79 Å². The normalized spacial score (nSPS) is 9.92. The summed E-state index contributed by atoms with van der Waals surface area (Å²) >= 11 is 12.9. The van der Waals surface area contributed by atoms with Gasteiger partial charge in [0.05, 0.1) is 5.75 Å². The fraction of sp³-hybridized carbons (Fsp3) is 0.125. The maximum absolute atomic E-state index is 11.2. The Labute approximate surface area is 89.6 Å². The van der Waals surface area contributed by atoms with Gasteiger partial charge in [0, 0.05) is 15.1 Å². The molecular formula is C8H6BrClOS. The van der Waals surface area contributed by atoms with E-state index >= 15 is 0 Å². The molecule has 0 spiro atoms. The Kier molecular flexibility index (Phi) is 3.62. The van der Waals surface area contributed by atoms with Gasteiger partial charge in [0.1, 0.15) is 0 Å². The summed E-state index contributed by atoms with van der Waals surface area (Å²) in [5.74, 6) is 0.175. The van der Waals surface area contributed by atoms with E-state index in [9.17, 15) is 4.79 Å². The molecule has 12 heavy (non-hydrogen) atoms. The molecule has 0 unspecified atom stereocenters. The van der Waals surface area contributed by atoms with Crippen LogP contribution in [0.5, 0.6) is 0 Å². The van der Waals surface area contributed by atoms with Gasteiger partial charge in [-0.2, -0.15) is 12.6 Å². The molecule has 0 aliphatic heterocycles. The fourth-order valence-electron chi connectivity index (χ4n) is 0.806. The van der Waals surface area contributed by atoms with Crippen LogP contribution in [0.4, 0.5) is 0 Å². The molecule has 1 aromatic rings. The third kappa shape index (κ3) is 2.51. The van der Waals surface area contributed by atoms with E-state index in [1.54, 1.807) is 18.2 Å². The van der Waals surface area contributed by atoms with Crippen molar-refractivity contribution in [3.05, 3.63) is 33.3 Å². The topological polar surface area (TPSA) is 17.1 Å². The van der Waals surface area contributed by atoms with Crippen LogP contribution in [0.2, 0.25) is 5.02 Å². The van der Waals surface area contributed by atoms with Crippen LogP contribution in [0.25, 0.3) is 0 Å². The lowest BCUT2D eigenvalue weighted by Crippen LogP contribution is -1.99.